The molecule has 0 N–H and O–H groups in total. The smallest absolute Gasteiger partial charge is 0.160 e. The van der Waals surface area contributed by atoms with Gasteiger partial charge in [-0.2, -0.15) is 0 Å². The van der Waals surface area contributed by atoms with Crippen LogP contribution in [-0.4, -0.2) is 24.6 Å². The fourth-order valence-corrected chi connectivity index (χ4v) is 1.58. The SMILES string of the molecule is CC[C@@H]1O[C@H](C(C)C)[C@H](F)[C@@H]1F. The minimum atomic E-state index is -1.44. The third-order valence-electron chi connectivity index (χ3n) is 2.36. The second-order valence-corrected chi connectivity index (χ2v) is 3.68. The maximum atomic E-state index is 13.2. The highest BCUT2D eigenvalue weighted by Gasteiger charge is 2.45. The minimum Gasteiger partial charge on any atom is -0.368 e. The van der Waals surface area contributed by atoms with E-state index in [4.69, 9.17) is 4.74 Å². The average Bonchev–Trinajstić information content (AvgIpc) is 2.30. The van der Waals surface area contributed by atoms with Gasteiger partial charge in [-0.15, -0.1) is 0 Å². The predicted octanol–water partition coefficient (Wildman–Crippen LogP) is 2.50. The van der Waals surface area contributed by atoms with Crippen LogP contribution < -0.4 is 0 Å². The van der Waals surface area contributed by atoms with E-state index in [-0.39, 0.29) is 5.92 Å². The Hall–Kier alpha value is -0.180. The van der Waals surface area contributed by atoms with Crippen molar-refractivity contribution in [2.75, 3.05) is 0 Å². The summed E-state index contributed by atoms with van der Waals surface area (Å²) in [5.41, 5.74) is 0. The Morgan fingerprint density at radius 1 is 1.25 bits per heavy atom. The molecule has 1 nitrogen and oxygen atoms in total. The van der Waals surface area contributed by atoms with Gasteiger partial charge in [0.2, 0.25) is 0 Å². The Labute approximate surface area is 72.1 Å². The van der Waals surface area contributed by atoms with Crippen LogP contribution in [0.1, 0.15) is 27.2 Å². The van der Waals surface area contributed by atoms with Crippen molar-refractivity contribution in [2.24, 2.45) is 5.92 Å². The molecule has 3 heteroatoms. The molecule has 0 amide bonds. The fourth-order valence-electron chi connectivity index (χ4n) is 1.58. The highest BCUT2D eigenvalue weighted by molar-refractivity contribution is 4.91. The summed E-state index contributed by atoms with van der Waals surface area (Å²) in [6, 6.07) is 0. The van der Waals surface area contributed by atoms with E-state index in [0.717, 1.165) is 0 Å². The maximum absolute atomic E-state index is 13.2. The first-order valence-electron chi connectivity index (χ1n) is 4.51. The van der Waals surface area contributed by atoms with Crippen molar-refractivity contribution in [3.05, 3.63) is 0 Å². The first kappa shape index (κ1) is 9.90. The quantitative estimate of drug-likeness (QED) is 0.631. The summed E-state index contributed by atoms with van der Waals surface area (Å²) >= 11 is 0. The van der Waals surface area contributed by atoms with E-state index < -0.39 is 24.6 Å². The van der Waals surface area contributed by atoms with Crippen LogP contribution in [0.2, 0.25) is 0 Å². The molecule has 0 saturated carbocycles. The van der Waals surface area contributed by atoms with Gasteiger partial charge in [-0.05, 0) is 12.3 Å². The van der Waals surface area contributed by atoms with Crippen molar-refractivity contribution in [3.63, 3.8) is 0 Å². The van der Waals surface area contributed by atoms with Gasteiger partial charge in [0, 0.05) is 0 Å². The summed E-state index contributed by atoms with van der Waals surface area (Å²) in [6.45, 7) is 5.51. The zero-order valence-electron chi connectivity index (χ0n) is 7.76. The van der Waals surface area contributed by atoms with Crippen LogP contribution in [0.15, 0.2) is 0 Å². The molecule has 0 aromatic rings. The highest BCUT2D eigenvalue weighted by atomic mass is 19.2. The summed E-state index contributed by atoms with van der Waals surface area (Å²) in [6.07, 6.45) is -3.40. The van der Waals surface area contributed by atoms with Crippen LogP contribution in [0.4, 0.5) is 8.78 Å². The standard InChI is InChI=1S/C9H16F2O/c1-4-6-7(10)8(11)9(12-6)5(2)3/h5-9H,4H2,1-3H3/t6-,7+,8+,9+/m0/s1. The van der Waals surface area contributed by atoms with Crippen molar-refractivity contribution in [2.45, 2.75) is 51.7 Å². The van der Waals surface area contributed by atoms with E-state index in [9.17, 15) is 8.78 Å². The van der Waals surface area contributed by atoms with Crippen LogP contribution in [0, 0.1) is 5.92 Å². The van der Waals surface area contributed by atoms with Crippen molar-refractivity contribution in [1.29, 1.82) is 0 Å². The van der Waals surface area contributed by atoms with E-state index >= 15 is 0 Å². The molecule has 1 saturated heterocycles. The molecule has 0 bridgehead atoms. The molecule has 1 heterocycles. The van der Waals surface area contributed by atoms with Crippen molar-refractivity contribution in [3.8, 4) is 0 Å². The molecule has 0 unspecified atom stereocenters. The van der Waals surface area contributed by atoms with Crippen LogP contribution >= 0.6 is 0 Å². The topological polar surface area (TPSA) is 9.23 Å². The molecule has 1 fully saturated rings. The van der Waals surface area contributed by atoms with Gasteiger partial charge in [-0.1, -0.05) is 20.8 Å². The van der Waals surface area contributed by atoms with Gasteiger partial charge in [0.1, 0.15) is 0 Å². The molecule has 72 valence electrons. The maximum Gasteiger partial charge on any atom is 0.160 e. The van der Waals surface area contributed by atoms with Gasteiger partial charge in [0.05, 0.1) is 12.2 Å². The Morgan fingerprint density at radius 3 is 2.08 bits per heavy atom. The van der Waals surface area contributed by atoms with Crippen LogP contribution in [0.25, 0.3) is 0 Å². The molecule has 0 aliphatic carbocycles. The number of ether oxygens (including phenoxy) is 1. The Balaban J connectivity index is 2.60. The van der Waals surface area contributed by atoms with Crippen molar-refractivity contribution in [1.82, 2.24) is 0 Å². The lowest BCUT2D eigenvalue weighted by atomic mass is 10.0. The second kappa shape index (κ2) is 3.69. The zero-order chi connectivity index (χ0) is 9.30. The van der Waals surface area contributed by atoms with Gasteiger partial charge in [0.15, 0.2) is 12.3 Å². The van der Waals surface area contributed by atoms with Gasteiger partial charge in [-0.25, -0.2) is 8.78 Å². The molecule has 0 radical (unpaired) electrons. The van der Waals surface area contributed by atoms with Crippen molar-refractivity contribution < 1.29 is 13.5 Å². The lowest BCUT2D eigenvalue weighted by molar-refractivity contribution is -0.00347. The summed E-state index contributed by atoms with van der Waals surface area (Å²) in [4.78, 5) is 0. The van der Waals surface area contributed by atoms with Gasteiger partial charge >= 0.3 is 0 Å². The summed E-state index contributed by atoms with van der Waals surface area (Å²) in [5.74, 6) is 0.0507. The third-order valence-corrected chi connectivity index (χ3v) is 2.36. The van der Waals surface area contributed by atoms with Crippen LogP contribution in [0.5, 0.6) is 0 Å². The number of hydrogen-bond acceptors (Lipinski definition) is 1. The highest BCUT2D eigenvalue weighted by Crippen LogP contribution is 2.32. The third kappa shape index (κ3) is 1.60. The fraction of sp³-hybridized carbons (Fsp3) is 1.00. The van der Waals surface area contributed by atoms with Crippen molar-refractivity contribution >= 4 is 0 Å². The molecule has 1 aliphatic heterocycles. The molecule has 0 spiro atoms. The second-order valence-electron chi connectivity index (χ2n) is 3.68. The normalized spacial score (nSPS) is 42.5. The van der Waals surface area contributed by atoms with Crippen LogP contribution in [0.3, 0.4) is 0 Å². The van der Waals surface area contributed by atoms with E-state index in [1.807, 2.05) is 20.8 Å². The van der Waals surface area contributed by atoms with E-state index in [1.54, 1.807) is 0 Å². The lowest BCUT2D eigenvalue weighted by Crippen LogP contribution is -2.27. The molecule has 1 rings (SSSR count). The number of rotatable bonds is 2. The number of hydrogen-bond donors (Lipinski definition) is 0. The van der Waals surface area contributed by atoms with E-state index in [2.05, 4.69) is 0 Å². The molecular weight excluding hydrogens is 162 g/mol. The summed E-state index contributed by atoms with van der Waals surface area (Å²) < 4.78 is 31.5. The summed E-state index contributed by atoms with van der Waals surface area (Å²) in [5, 5.41) is 0. The predicted molar refractivity (Wildman–Crippen MR) is 43.6 cm³/mol. The van der Waals surface area contributed by atoms with Gasteiger partial charge in [-0.3, -0.25) is 0 Å². The Kier molecular flexibility index (Phi) is 3.04. The molecule has 0 aromatic carbocycles. The molecule has 12 heavy (non-hydrogen) atoms. The largest absolute Gasteiger partial charge is 0.368 e. The molecule has 4 atom stereocenters. The number of halogens is 2. The van der Waals surface area contributed by atoms with E-state index in [1.165, 1.54) is 0 Å². The first-order valence-corrected chi connectivity index (χ1v) is 4.51. The summed E-state index contributed by atoms with van der Waals surface area (Å²) in [7, 11) is 0. The zero-order valence-corrected chi connectivity index (χ0v) is 7.76. The molecular formula is C9H16F2O. The van der Waals surface area contributed by atoms with Gasteiger partial charge in [0.25, 0.3) is 0 Å². The first-order chi connectivity index (χ1) is 5.57. The lowest BCUT2D eigenvalue weighted by Gasteiger charge is -2.16. The Bertz CT molecular complexity index is 149. The average molecular weight is 178 g/mol. The number of alkyl halides is 2. The van der Waals surface area contributed by atoms with Gasteiger partial charge < -0.3 is 4.74 Å². The van der Waals surface area contributed by atoms with Crippen LogP contribution in [-0.2, 0) is 4.74 Å². The minimum absolute atomic E-state index is 0.0507. The Morgan fingerprint density at radius 2 is 1.83 bits per heavy atom. The molecule has 1 aliphatic rings. The monoisotopic (exact) mass is 178 g/mol. The molecule has 0 aromatic heterocycles. The van der Waals surface area contributed by atoms with E-state index in [0.29, 0.717) is 6.42 Å².